The fourth-order valence-corrected chi connectivity index (χ4v) is 5.04. The summed E-state index contributed by atoms with van der Waals surface area (Å²) in [5.74, 6) is -4.18. The van der Waals surface area contributed by atoms with Gasteiger partial charge in [0.2, 0.25) is 10.0 Å². The van der Waals surface area contributed by atoms with E-state index in [0.717, 1.165) is 43.3 Å². The van der Waals surface area contributed by atoms with Gasteiger partial charge in [0.25, 0.3) is 0 Å². The quantitative estimate of drug-likeness (QED) is 0.221. The molecule has 1 aliphatic carbocycles. The molecule has 0 spiro atoms. The van der Waals surface area contributed by atoms with Gasteiger partial charge < -0.3 is 16.8 Å². The maximum atomic E-state index is 12.8. The molecule has 0 radical (unpaired) electrons. The van der Waals surface area contributed by atoms with E-state index in [1.807, 2.05) is 0 Å². The van der Waals surface area contributed by atoms with Crippen LogP contribution in [0.3, 0.4) is 0 Å². The number of nitrogens with two attached hydrogens (primary N) is 2. The Morgan fingerprint density at radius 2 is 1.59 bits per heavy atom. The zero-order chi connectivity index (χ0) is 27.8. The van der Waals surface area contributed by atoms with E-state index >= 15 is 0 Å². The fraction of sp³-hybridized carbons (Fsp3) is 0.333. The number of carbonyl (C=O) groups excluding carboxylic acids is 5. The van der Waals surface area contributed by atoms with E-state index in [-0.39, 0.29) is 29.1 Å². The number of halogens is 1. The molecular formula is C21H25BrN6O7S2. The Balaban J connectivity index is 0.000000717. The Morgan fingerprint density at radius 1 is 1.03 bits per heavy atom. The van der Waals surface area contributed by atoms with Gasteiger partial charge in [-0.3, -0.25) is 29.3 Å². The van der Waals surface area contributed by atoms with Crippen molar-refractivity contribution >= 4 is 77.5 Å². The Bertz CT molecular complexity index is 1290. The first-order valence-corrected chi connectivity index (χ1v) is 14.2. The third kappa shape index (κ3) is 9.64. The summed E-state index contributed by atoms with van der Waals surface area (Å²) in [5.41, 5.74) is 9.70. The molecule has 16 heteroatoms. The second-order valence-electron chi connectivity index (χ2n) is 7.86. The Labute approximate surface area is 224 Å². The van der Waals surface area contributed by atoms with Gasteiger partial charge in [0.1, 0.15) is 0 Å². The van der Waals surface area contributed by atoms with E-state index in [1.165, 1.54) is 0 Å². The molecule has 13 nitrogen and oxygen atoms in total. The van der Waals surface area contributed by atoms with Crippen molar-refractivity contribution in [2.45, 2.75) is 32.2 Å². The normalized spacial score (nSPS) is 13.2. The van der Waals surface area contributed by atoms with Crippen LogP contribution in [0.15, 0.2) is 28.1 Å². The lowest BCUT2D eigenvalue weighted by Crippen LogP contribution is -2.30. The van der Waals surface area contributed by atoms with Crippen molar-refractivity contribution in [1.29, 1.82) is 0 Å². The number of aromatic nitrogens is 1. The molecule has 200 valence electrons. The molecule has 4 amide bonds. The van der Waals surface area contributed by atoms with E-state index in [9.17, 15) is 32.4 Å². The monoisotopic (exact) mass is 616 g/mol. The van der Waals surface area contributed by atoms with Gasteiger partial charge in [-0.1, -0.05) is 36.3 Å². The molecule has 1 saturated carbocycles. The lowest BCUT2D eigenvalue weighted by Gasteiger charge is -2.13. The van der Waals surface area contributed by atoms with E-state index in [2.05, 4.69) is 47.7 Å². The minimum absolute atomic E-state index is 0.0271. The number of hydrogen-bond donors (Lipinski definition) is 5. The zero-order valence-electron chi connectivity index (χ0n) is 19.6. The number of thiazole rings is 1. The number of Topliss-reactive ketones (excluding diaryl/α,β-unsaturated/α-hetero) is 1. The number of nitrogens with one attached hydrogen (secondary N) is 3. The summed E-state index contributed by atoms with van der Waals surface area (Å²) in [7, 11) is -3.40. The van der Waals surface area contributed by atoms with Crippen molar-refractivity contribution in [3.63, 3.8) is 0 Å². The van der Waals surface area contributed by atoms with Crippen LogP contribution in [-0.4, -0.2) is 49.1 Å². The predicted molar refractivity (Wildman–Crippen MR) is 140 cm³/mol. The van der Waals surface area contributed by atoms with Gasteiger partial charge >= 0.3 is 23.6 Å². The van der Waals surface area contributed by atoms with Crippen molar-refractivity contribution in [3.05, 3.63) is 39.3 Å². The zero-order valence-corrected chi connectivity index (χ0v) is 22.8. The molecule has 7 N–H and O–H groups in total. The summed E-state index contributed by atoms with van der Waals surface area (Å²) >= 11 is 4.30. The molecule has 3 rings (SSSR count). The van der Waals surface area contributed by atoms with E-state index in [0.29, 0.717) is 15.0 Å². The van der Waals surface area contributed by atoms with Crippen LogP contribution in [0, 0.1) is 5.92 Å². The van der Waals surface area contributed by atoms with Crippen LogP contribution in [-0.2, 0) is 35.7 Å². The molecule has 1 heterocycles. The Hall–Kier alpha value is -3.21. The number of hydrogen-bond acceptors (Lipinski definition) is 9. The second kappa shape index (κ2) is 13.4. The number of anilines is 2. The maximum Gasteiger partial charge on any atom is 0.315 e. The SMILES string of the molecule is CS(=O)(=O)NCc1nc(NC(=O)C(=O)Nc2ccccc2C(=O)C2CCCC2)sc1Br.NC(=O)C(N)=O. The molecule has 0 saturated heterocycles. The summed E-state index contributed by atoms with van der Waals surface area (Å²) in [4.78, 5) is 60.5. The van der Waals surface area contributed by atoms with Crippen LogP contribution in [0.5, 0.6) is 0 Å². The number of primary amides is 2. The highest BCUT2D eigenvalue weighted by Crippen LogP contribution is 2.31. The van der Waals surface area contributed by atoms with E-state index < -0.39 is 33.7 Å². The van der Waals surface area contributed by atoms with Crippen molar-refractivity contribution in [2.75, 3.05) is 16.9 Å². The molecule has 2 aromatic rings. The number of rotatable bonds is 7. The Kier molecular flexibility index (Phi) is 10.8. The van der Waals surface area contributed by atoms with Crippen LogP contribution in [0.2, 0.25) is 0 Å². The topological polar surface area (TPSA) is 221 Å². The Morgan fingerprint density at radius 3 is 2.16 bits per heavy atom. The van der Waals surface area contributed by atoms with Gasteiger partial charge in [0.05, 0.1) is 28.0 Å². The molecule has 0 unspecified atom stereocenters. The summed E-state index contributed by atoms with van der Waals surface area (Å²) in [6.07, 6.45) is 4.71. The minimum atomic E-state index is -3.40. The van der Waals surface area contributed by atoms with Crippen molar-refractivity contribution in [2.24, 2.45) is 17.4 Å². The van der Waals surface area contributed by atoms with Gasteiger partial charge in [-0.15, -0.1) is 0 Å². The highest BCUT2D eigenvalue weighted by Gasteiger charge is 2.26. The number of para-hydroxylation sites is 1. The van der Waals surface area contributed by atoms with E-state index in [4.69, 9.17) is 0 Å². The molecular weight excluding hydrogens is 592 g/mol. The largest absolute Gasteiger partial charge is 0.361 e. The average Bonchev–Trinajstić information content (AvgIpc) is 3.47. The van der Waals surface area contributed by atoms with E-state index in [1.54, 1.807) is 24.3 Å². The second-order valence-corrected chi connectivity index (χ2v) is 12.0. The summed E-state index contributed by atoms with van der Waals surface area (Å²) in [6.45, 7) is -0.0609. The molecule has 0 atom stereocenters. The maximum absolute atomic E-state index is 12.8. The lowest BCUT2D eigenvalue weighted by atomic mass is 9.95. The van der Waals surface area contributed by atoms with Gasteiger partial charge in [0.15, 0.2) is 10.9 Å². The molecule has 1 fully saturated rings. The molecule has 37 heavy (non-hydrogen) atoms. The van der Waals surface area contributed by atoms with Gasteiger partial charge in [0, 0.05) is 11.5 Å². The lowest BCUT2D eigenvalue weighted by molar-refractivity contribution is -0.135. The standard InChI is InChI=1S/C19H21BrN4O5S2.C2H4N2O2/c1-31(28,29)21-10-14-16(20)30-19(23-14)24-18(27)17(26)22-13-9-5-4-8-12(13)15(25)11-6-2-3-7-11;3-1(5)2(4)6/h4-5,8-9,11,21H,2-3,6-7,10H2,1H3,(H,22,26)(H,23,24,27);(H2,3,5)(H2,4,6). The van der Waals surface area contributed by atoms with Crippen molar-refractivity contribution in [3.8, 4) is 0 Å². The summed E-state index contributed by atoms with van der Waals surface area (Å²) < 4.78 is 25.3. The van der Waals surface area contributed by atoms with Crippen LogP contribution < -0.4 is 26.8 Å². The van der Waals surface area contributed by atoms with Crippen LogP contribution in [0.4, 0.5) is 10.8 Å². The number of amides is 4. The van der Waals surface area contributed by atoms with Crippen molar-refractivity contribution < 1.29 is 32.4 Å². The third-order valence-electron chi connectivity index (χ3n) is 4.99. The molecule has 0 aliphatic heterocycles. The third-order valence-corrected chi connectivity index (χ3v) is 7.40. The number of benzene rings is 1. The van der Waals surface area contributed by atoms with Crippen LogP contribution in [0.25, 0.3) is 0 Å². The first kappa shape index (κ1) is 30.0. The first-order chi connectivity index (χ1) is 17.3. The number of sulfonamides is 1. The highest BCUT2D eigenvalue weighted by atomic mass is 79.9. The molecule has 1 aromatic heterocycles. The molecule has 0 bridgehead atoms. The highest BCUT2D eigenvalue weighted by molar-refractivity contribution is 9.11. The minimum Gasteiger partial charge on any atom is -0.361 e. The smallest absolute Gasteiger partial charge is 0.315 e. The van der Waals surface area contributed by atoms with Gasteiger partial charge in [-0.25, -0.2) is 18.1 Å². The van der Waals surface area contributed by atoms with Crippen molar-refractivity contribution in [1.82, 2.24) is 9.71 Å². The summed E-state index contributed by atoms with van der Waals surface area (Å²) in [6, 6.07) is 6.63. The first-order valence-electron chi connectivity index (χ1n) is 10.7. The molecule has 1 aliphatic rings. The number of ketones is 1. The van der Waals surface area contributed by atoms with Crippen LogP contribution in [0.1, 0.15) is 41.7 Å². The van der Waals surface area contributed by atoms with Gasteiger partial charge in [-0.2, -0.15) is 0 Å². The number of nitrogens with zero attached hydrogens (tertiary/aromatic N) is 1. The van der Waals surface area contributed by atoms with Crippen LogP contribution >= 0.6 is 27.3 Å². The average molecular weight is 618 g/mol. The number of carbonyl (C=O) groups is 5. The van der Waals surface area contributed by atoms with Gasteiger partial charge in [-0.05, 0) is 40.9 Å². The fourth-order valence-electron chi connectivity index (χ4n) is 3.24. The molecule has 1 aromatic carbocycles. The summed E-state index contributed by atoms with van der Waals surface area (Å²) in [5, 5.41) is 5.02. The predicted octanol–water partition coefficient (Wildman–Crippen LogP) is 0.862.